The molecule has 0 spiro atoms. The molecule has 1 unspecified atom stereocenters. The summed E-state index contributed by atoms with van der Waals surface area (Å²) >= 11 is 5.93. The number of rotatable bonds is 4. The fourth-order valence-corrected chi connectivity index (χ4v) is 1.38. The number of carbonyl (C=O) groups excluding carboxylic acids is 1. The number of terminal acetylenes is 1. The zero-order valence-corrected chi connectivity index (χ0v) is 9.50. The van der Waals surface area contributed by atoms with Gasteiger partial charge in [0.2, 0.25) is 5.91 Å². The van der Waals surface area contributed by atoms with E-state index in [1.807, 2.05) is 18.2 Å². The Kier molecular flexibility index (Phi) is 4.84. The Hall–Kier alpha value is -1.50. The molecule has 0 aliphatic rings. The molecular weight excluding hydrogens is 224 g/mol. The van der Waals surface area contributed by atoms with Gasteiger partial charge in [-0.05, 0) is 11.6 Å². The molecular formula is C12H13ClN2O. The van der Waals surface area contributed by atoms with Crippen LogP contribution in [0.15, 0.2) is 24.3 Å². The van der Waals surface area contributed by atoms with Gasteiger partial charge < -0.3 is 11.1 Å². The van der Waals surface area contributed by atoms with Gasteiger partial charge in [-0.3, -0.25) is 4.79 Å². The van der Waals surface area contributed by atoms with Gasteiger partial charge in [0.15, 0.2) is 0 Å². The third kappa shape index (κ3) is 3.58. The molecule has 1 rings (SSSR count). The Labute approximate surface area is 100.0 Å². The molecule has 0 aliphatic carbocycles. The smallest absolute Gasteiger partial charge is 0.238 e. The van der Waals surface area contributed by atoms with E-state index < -0.39 is 6.04 Å². The third-order valence-corrected chi connectivity index (χ3v) is 2.45. The van der Waals surface area contributed by atoms with Crippen molar-refractivity contribution >= 4 is 17.5 Å². The number of halogens is 1. The van der Waals surface area contributed by atoms with Gasteiger partial charge in [0, 0.05) is 18.0 Å². The lowest BCUT2D eigenvalue weighted by molar-refractivity contribution is -0.122. The van der Waals surface area contributed by atoms with E-state index in [1.54, 1.807) is 6.07 Å². The number of nitrogens with one attached hydrogen (secondary N) is 1. The van der Waals surface area contributed by atoms with E-state index in [-0.39, 0.29) is 12.3 Å². The van der Waals surface area contributed by atoms with Crippen LogP contribution in [0.4, 0.5) is 0 Å². The molecule has 16 heavy (non-hydrogen) atoms. The Morgan fingerprint density at radius 1 is 1.56 bits per heavy atom. The summed E-state index contributed by atoms with van der Waals surface area (Å²) in [5.74, 6) is 2.08. The van der Waals surface area contributed by atoms with E-state index >= 15 is 0 Å². The summed E-state index contributed by atoms with van der Waals surface area (Å²) in [4.78, 5) is 11.4. The highest BCUT2D eigenvalue weighted by atomic mass is 35.5. The summed E-state index contributed by atoms with van der Waals surface area (Å²) in [5.41, 5.74) is 6.39. The van der Waals surface area contributed by atoms with Crippen molar-refractivity contribution < 1.29 is 4.79 Å². The highest BCUT2D eigenvalue weighted by Crippen LogP contribution is 2.14. The number of nitrogens with two attached hydrogens (primary N) is 1. The van der Waals surface area contributed by atoms with Gasteiger partial charge in [0.05, 0.1) is 6.04 Å². The van der Waals surface area contributed by atoms with Crippen molar-refractivity contribution in [2.24, 2.45) is 5.73 Å². The van der Waals surface area contributed by atoms with Gasteiger partial charge in [0.1, 0.15) is 0 Å². The quantitative estimate of drug-likeness (QED) is 0.775. The van der Waals surface area contributed by atoms with Gasteiger partial charge in [0.25, 0.3) is 0 Å². The van der Waals surface area contributed by atoms with Gasteiger partial charge in [-0.1, -0.05) is 29.8 Å². The SMILES string of the molecule is C#CCC(N)C(=O)NCc1ccccc1Cl. The van der Waals surface area contributed by atoms with Crippen LogP contribution in [0, 0.1) is 12.3 Å². The lowest BCUT2D eigenvalue weighted by Gasteiger charge is -2.10. The van der Waals surface area contributed by atoms with E-state index in [4.69, 9.17) is 23.8 Å². The second-order valence-corrected chi connectivity index (χ2v) is 3.73. The molecule has 1 atom stereocenters. The highest BCUT2D eigenvalue weighted by molar-refractivity contribution is 6.31. The van der Waals surface area contributed by atoms with Crippen LogP contribution in [-0.4, -0.2) is 11.9 Å². The minimum atomic E-state index is -0.660. The van der Waals surface area contributed by atoms with E-state index in [9.17, 15) is 4.79 Å². The predicted octanol–water partition coefficient (Wildman–Crippen LogP) is 1.31. The maximum absolute atomic E-state index is 11.4. The molecule has 0 heterocycles. The van der Waals surface area contributed by atoms with Crippen molar-refractivity contribution in [3.63, 3.8) is 0 Å². The summed E-state index contributed by atoms with van der Waals surface area (Å²) in [5, 5.41) is 3.30. The Bertz CT molecular complexity index is 412. The first-order valence-electron chi connectivity index (χ1n) is 4.85. The molecule has 1 aromatic carbocycles. The first kappa shape index (κ1) is 12.6. The van der Waals surface area contributed by atoms with Crippen LogP contribution in [0.1, 0.15) is 12.0 Å². The van der Waals surface area contributed by atoms with Crippen molar-refractivity contribution in [2.75, 3.05) is 0 Å². The third-order valence-electron chi connectivity index (χ3n) is 2.09. The molecule has 1 amide bonds. The van der Waals surface area contributed by atoms with Gasteiger partial charge in [-0.25, -0.2) is 0 Å². The van der Waals surface area contributed by atoms with Crippen molar-refractivity contribution in [2.45, 2.75) is 19.0 Å². The average Bonchev–Trinajstić information content (AvgIpc) is 2.28. The van der Waals surface area contributed by atoms with Crippen LogP contribution in [0.5, 0.6) is 0 Å². The maximum Gasteiger partial charge on any atom is 0.238 e. The molecule has 0 aromatic heterocycles. The zero-order chi connectivity index (χ0) is 12.0. The van der Waals surface area contributed by atoms with E-state index in [0.717, 1.165) is 5.56 Å². The van der Waals surface area contributed by atoms with Crippen molar-refractivity contribution in [3.8, 4) is 12.3 Å². The fraction of sp³-hybridized carbons (Fsp3) is 0.250. The first-order chi connectivity index (χ1) is 7.65. The summed E-state index contributed by atoms with van der Waals surface area (Å²) in [6, 6.07) is 6.64. The Balaban J connectivity index is 2.50. The number of carbonyl (C=O) groups is 1. The molecule has 0 saturated heterocycles. The zero-order valence-electron chi connectivity index (χ0n) is 8.74. The average molecular weight is 237 g/mol. The number of hydrogen-bond donors (Lipinski definition) is 2. The molecule has 0 fully saturated rings. The molecule has 0 saturated carbocycles. The highest BCUT2D eigenvalue weighted by Gasteiger charge is 2.11. The lowest BCUT2D eigenvalue weighted by atomic mass is 10.2. The standard InChI is InChI=1S/C12H13ClN2O/c1-2-5-11(14)12(16)15-8-9-6-3-4-7-10(9)13/h1,3-4,6-7,11H,5,8,14H2,(H,15,16). The fourth-order valence-electron chi connectivity index (χ4n) is 1.17. The van der Waals surface area contributed by atoms with Crippen LogP contribution in [0.25, 0.3) is 0 Å². The van der Waals surface area contributed by atoms with E-state index in [0.29, 0.717) is 11.6 Å². The molecule has 84 valence electrons. The van der Waals surface area contributed by atoms with Crippen LogP contribution < -0.4 is 11.1 Å². The second kappa shape index (κ2) is 6.16. The maximum atomic E-state index is 11.4. The summed E-state index contributed by atoms with van der Waals surface area (Å²) in [6.45, 7) is 0.358. The summed E-state index contributed by atoms with van der Waals surface area (Å²) in [7, 11) is 0. The molecule has 1 aromatic rings. The number of benzene rings is 1. The number of hydrogen-bond acceptors (Lipinski definition) is 2. The molecule has 0 aliphatic heterocycles. The predicted molar refractivity (Wildman–Crippen MR) is 64.7 cm³/mol. The summed E-state index contributed by atoms with van der Waals surface area (Å²) in [6.07, 6.45) is 5.30. The van der Waals surface area contributed by atoms with E-state index in [1.165, 1.54) is 0 Å². The van der Waals surface area contributed by atoms with Gasteiger partial charge >= 0.3 is 0 Å². The van der Waals surface area contributed by atoms with Crippen molar-refractivity contribution in [3.05, 3.63) is 34.9 Å². The van der Waals surface area contributed by atoms with Crippen LogP contribution in [0.2, 0.25) is 5.02 Å². The summed E-state index contributed by atoms with van der Waals surface area (Å²) < 4.78 is 0. The molecule has 3 nitrogen and oxygen atoms in total. The first-order valence-corrected chi connectivity index (χ1v) is 5.23. The van der Waals surface area contributed by atoms with Gasteiger partial charge in [-0.15, -0.1) is 12.3 Å². The van der Waals surface area contributed by atoms with Crippen molar-refractivity contribution in [1.82, 2.24) is 5.32 Å². The topological polar surface area (TPSA) is 55.1 Å². The number of amides is 1. The molecule has 4 heteroatoms. The van der Waals surface area contributed by atoms with E-state index in [2.05, 4.69) is 11.2 Å². The monoisotopic (exact) mass is 236 g/mol. The lowest BCUT2D eigenvalue weighted by Crippen LogP contribution is -2.39. The van der Waals surface area contributed by atoms with Gasteiger partial charge in [-0.2, -0.15) is 0 Å². The minimum absolute atomic E-state index is 0.231. The van der Waals surface area contributed by atoms with Crippen LogP contribution >= 0.6 is 11.6 Å². The van der Waals surface area contributed by atoms with Crippen LogP contribution in [-0.2, 0) is 11.3 Å². The van der Waals surface area contributed by atoms with Crippen molar-refractivity contribution in [1.29, 1.82) is 0 Å². The Morgan fingerprint density at radius 3 is 2.88 bits per heavy atom. The minimum Gasteiger partial charge on any atom is -0.351 e. The second-order valence-electron chi connectivity index (χ2n) is 3.32. The molecule has 0 bridgehead atoms. The van der Waals surface area contributed by atoms with Crippen LogP contribution in [0.3, 0.4) is 0 Å². The normalized spacial score (nSPS) is 11.6. The molecule has 0 radical (unpaired) electrons. The largest absolute Gasteiger partial charge is 0.351 e. The Morgan fingerprint density at radius 2 is 2.25 bits per heavy atom. The molecule has 3 N–H and O–H groups in total.